The van der Waals surface area contributed by atoms with Crippen LogP contribution in [0.3, 0.4) is 0 Å². The molecule has 1 heterocycles. The Morgan fingerprint density at radius 2 is 1.29 bits per heavy atom. The van der Waals surface area contributed by atoms with Crippen LogP contribution in [0.25, 0.3) is 0 Å². The lowest BCUT2D eigenvalue weighted by Gasteiger charge is -2.21. The fourth-order valence-electron chi connectivity index (χ4n) is 2.77. The minimum atomic E-state index is 0.0182. The minimum Gasteiger partial charge on any atom is -0.457 e. The van der Waals surface area contributed by atoms with Gasteiger partial charge in [0.15, 0.2) is 11.6 Å². The molecule has 0 bridgehead atoms. The van der Waals surface area contributed by atoms with Crippen molar-refractivity contribution in [3.05, 3.63) is 58.7 Å². The maximum atomic E-state index is 12.0. The second-order valence-corrected chi connectivity index (χ2v) is 6.40. The average Bonchev–Trinajstić information content (AvgIpc) is 2.59. The van der Waals surface area contributed by atoms with Crippen molar-refractivity contribution in [2.75, 3.05) is 11.8 Å². The van der Waals surface area contributed by atoms with Crippen molar-refractivity contribution in [3.63, 3.8) is 0 Å². The molecule has 0 radical (unpaired) electrons. The molecule has 0 saturated heterocycles. The number of hydrogen-bond donors (Lipinski definition) is 0. The summed E-state index contributed by atoms with van der Waals surface area (Å²) >= 11 is 11.3. The molecule has 3 rings (SSSR count). The molecule has 0 spiro atoms. The molecule has 2 aromatic carbocycles. The Morgan fingerprint density at radius 3 is 1.71 bits per heavy atom. The first-order valence-electron chi connectivity index (χ1n) is 7.74. The second kappa shape index (κ2) is 7.37. The summed E-state index contributed by atoms with van der Waals surface area (Å²) in [6, 6.07) is 10.8. The highest BCUT2D eigenvalue weighted by molar-refractivity contribution is 6.20. The zero-order chi connectivity index (χ0) is 17.1. The van der Waals surface area contributed by atoms with Crippen molar-refractivity contribution in [1.82, 2.24) is 0 Å². The van der Waals surface area contributed by atoms with Crippen LogP contribution in [0.1, 0.15) is 44.7 Å². The highest BCUT2D eigenvalue weighted by Gasteiger charge is 2.20. The number of ether oxygens (including phenoxy) is 1. The molecule has 1 aliphatic heterocycles. The van der Waals surface area contributed by atoms with Gasteiger partial charge in [-0.1, -0.05) is 0 Å². The van der Waals surface area contributed by atoms with E-state index in [0.29, 0.717) is 42.1 Å². The normalized spacial score (nSPS) is 12.1. The molecule has 1 aliphatic rings. The average molecular weight is 363 g/mol. The van der Waals surface area contributed by atoms with Crippen molar-refractivity contribution in [1.29, 1.82) is 0 Å². The van der Waals surface area contributed by atoms with Crippen LogP contribution in [0.15, 0.2) is 36.4 Å². The first-order valence-corrected chi connectivity index (χ1v) is 8.81. The molecular formula is C19H16Cl2O3. The molecule has 2 aromatic rings. The highest BCUT2D eigenvalue weighted by atomic mass is 35.5. The number of alkyl halides is 2. The van der Waals surface area contributed by atoms with Gasteiger partial charge in [0.05, 0.1) is 0 Å². The van der Waals surface area contributed by atoms with Gasteiger partial charge in [-0.15, -0.1) is 23.2 Å². The molecule has 0 amide bonds. The fourth-order valence-corrected chi connectivity index (χ4v) is 3.11. The monoisotopic (exact) mass is 362 g/mol. The summed E-state index contributed by atoms with van der Waals surface area (Å²) in [5.74, 6) is 2.13. The summed E-state index contributed by atoms with van der Waals surface area (Å²) in [5, 5.41) is 0. The number of halogens is 2. The molecule has 0 saturated carbocycles. The van der Waals surface area contributed by atoms with E-state index in [2.05, 4.69) is 0 Å². The van der Waals surface area contributed by atoms with E-state index in [1.807, 2.05) is 24.3 Å². The van der Waals surface area contributed by atoms with Crippen LogP contribution in [0.4, 0.5) is 0 Å². The number of fused-ring (bicyclic) bond motifs is 2. The summed E-state index contributed by atoms with van der Waals surface area (Å²) in [7, 11) is 0. The number of Topliss-reactive ketones (excluding diaryl/α,β-unsaturated/α-hetero) is 2. The van der Waals surface area contributed by atoms with Gasteiger partial charge < -0.3 is 4.74 Å². The lowest BCUT2D eigenvalue weighted by Crippen LogP contribution is -2.08. The SMILES string of the molecule is O=C(CCCl)c1ccc2c(c1)Cc1cc(C(=O)CCCl)ccc1O2. The number of rotatable bonds is 6. The molecule has 124 valence electrons. The minimum absolute atomic E-state index is 0.0182. The Hall–Kier alpha value is -1.84. The van der Waals surface area contributed by atoms with Gasteiger partial charge in [-0.05, 0) is 36.4 Å². The molecule has 3 nitrogen and oxygen atoms in total. The van der Waals surface area contributed by atoms with Gasteiger partial charge in [0, 0.05) is 53.3 Å². The van der Waals surface area contributed by atoms with Crippen molar-refractivity contribution in [2.24, 2.45) is 0 Å². The molecular weight excluding hydrogens is 347 g/mol. The zero-order valence-electron chi connectivity index (χ0n) is 13.0. The topological polar surface area (TPSA) is 43.4 Å². The van der Waals surface area contributed by atoms with Gasteiger partial charge in [-0.25, -0.2) is 0 Å². The molecule has 24 heavy (non-hydrogen) atoms. The quantitative estimate of drug-likeness (QED) is 0.457. The summed E-state index contributed by atoms with van der Waals surface area (Å²) in [4.78, 5) is 24.0. The molecule has 0 aliphatic carbocycles. The van der Waals surface area contributed by atoms with Gasteiger partial charge in [0.2, 0.25) is 0 Å². The lowest BCUT2D eigenvalue weighted by molar-refractivity contribution is 0.0981. The molecule has 0 N–H and O–H groups in total. The molecule has 0 aromatic heterocycles. The molecule has 0 atom stereocenters. The molecule has 0 unspecified atom stereocenters. The van der Waals surface area contributed by atoms with Crippen LogP contribution < -0.4 is 4.74 Å². The summed E-state index contributed by atoms with van der Waals surface area (Å²) in [5.41, 5.74) is 3.14. The van der Waals surface area contributed by atoms with Crippen LogP contribution in [0.5, 0.6) is 11.5 Å². The van der Waals surface area contributed by atoms with E-state index in [1.54, 1.807) is 12.1 Å². The predicted octanol–water partition coefficient (Wildman–Crippen LogP) is 5.01. The van der Waals surface area contributed by atoms with Crippen molar-refractivity contribution in [3.8, 4) is 11.5 Å². The van der Waals surface area contributed by atoms with Gasteiger partial charge in [0.25, 0.3) is 0 Å². The van der Waals surface area contributed by atoms with E-state index in [9.17, 15) is 9.59 Å². The Morgan fingerprint density at radius 1 is 0.833 bits per heavy atom. The largest absolute Gasteiger partial charge is 0.457 e. The molecule has 0 fully saturated rings. The Balaban J connectivity index is 1.89. The zero-order valence-corrected chi connectivity index (χ0v) is 14.5. The highest BCUT2D eigenvalue weighted by Crippen LogP contribution is 2.37. The first kappa shape index (κ1) is 17.0. The first-order chi connectivity index (χ1) is 11.6. The summed E-state index contributed by atoms with van der Waals surface area (Å²) < 4.78 is 5.89. The molecule has 5 heteroatoms. The standard InChI is InChI=1S/C19H16Cl2O3/c20-7-5-16(22)12-1-3-18-14(9-12)11-15-10-13(17(23)6-8-21)2-4-19(15)24-18/h1-4,9-10H,5-8,11H2. The van der Waals surface area contributed by atoms with E-state index in [4.69, 9.17) is 27.9 Å². The van der Waals surface area contributed by atoms with Crippen LogP contribution >= 0.6 is 23.2 Å². The number of ketones is 2. The number of benzene rings is 2. The third-order valence-corrected chi connectivity index (χ3v) is 4.39. The lowest BCUT2D eigenvalue weighted by atomic mass is 9.95. The van der Waals surface area contributed by atoms with E-state index >= 15 is 0 Å². The van der Waals surface area contributed by atoms with E-state index in [-0.39, 0.29) is 11.6 Å². The van der Waals surface area contributed by atoms with Crippen LogP contribution in [0.2, 0.25) is 0 Å². The maximum absolute atomic E-state index is 12.0. The smallest absolute Gasteiger partial charge is 0.164 e. The van der Waals surface area contributed by atoms with Gasteiger partial charge in [0.1, 0.15) is 11.5 Å². The maximum Gasteiger partial charge on any atom is 0.164 e. The van der Waals surface area contributed by atoms with Gasteiger partial charge in [-0.3, -0.25) is 9.59 Å². The van der Waals surface area contributed by atoms with Crippen molar-refractivity contribution >= 4 is 34.8 Å². The van der Waals surface area contributed by atoms with Crippen molar-refractivity contribution < 1.29 is 14.3 Å². The fraction of sp³-hybridized carbons (Fsp3) is 0.263. The van der Waals surface area contributed by atoms with E-state index in [0.717, 1.165) is 22.6 Å². The Kier molecular flexibility index (Phi) is 5.22. The predicted molar refractivity (Wildman–Crippen MR) is 95.1 cm³/mol. The Labute approximate surface area is 150 Å². The number of carbonyl (C=O) groups is 2. The van der Waals surface area contributed by atoms with E-state index in [1.165, 1.54) is 0 Å². The van der Waals surface area contributed by atoms with Gasteiger partial charge in [-0.2, -0.15) is 0 Å². The Bertz CT molecular complexity index is 734. The number of carbonyl (C=O) groups excluding carboxylic acids is 2. The van der Waals surface area contributed by atoms with Crippen LogP contribution in [0, 0.1) is 0 Å². The third-order valence-electron chi connectivity index (χ3n) is 4.01. The van der Waals surface area contributed by atoms with Crippen LogP contribution in [-0.4, -0.2) is 23.3 Å². The van der Waals surface area contributed by atoms with Crippen LogP contribution in [-0.2, 0) is 6.42 Å². The van der Waals surface area contributed by atoms with Gasteiger partial charge >= 0.3 is 0 Å². The van der Waals surface area contributed by atoms with E-state index < -0.39 is 0 Å². The number of hydrogen-bond acceptors (Lipinski definition) is 3. The second-order valence-electron chi connectivity index (χ2n) is 5.65. The van der Waals surface area contributed by atoms with Crippen molar-refractivity contribution in [2.45, 2.75) is 19.3 Å². The summed E-state index contributed by atoms with van der Waals surface area (Å²) in [6.45, 7) is 0. The third kappa shape index (κ3) is 3.47. The summed E-state index contributed by atoms with van der Waals surface area (Å²) in [6.07, 6.45) is 1.25.